The van der Waals surface area contributed by atoms with Crippen molar-refractivity contribution < 1.29 is 28.5 Å². The molecule has 198 valence electrons. The van der Waals surface area contributed by atoms with Gasteiger partial charge in [-0.25, -0.2) is 8.78 Å². The van der Waals surface area contributed by atoms with Crippen LogP contribution in [0.2, 0.25) is 0 Å². The molecule has 8 heteroatoms. The molecular formula is C29H34F2N2O4. The molecule has 2 heterocycles. The average Bonchev–Trinajstić information content (AvgIpc) is 2.92. The minimum atomic E-state index is -0.874. The minimum absolute atomic E-state index is 0.0136. The molecule has 0 radical (unpaired) electrons. The van der Waals surface area contributed by atoms with Crippen LogP contribution >= 0.6 is 0 Å². The lowest BCUT2D eigenvalue weighted by Crippen LogP contribution is -2.49. The van der Waals surface area contributed by atoms with Gasteiger partial charge >= 0.3 is 0 Å². The molecule has 1 aliphatic heterocycles. The number of aryl methyl sites for hydroxylation is 1. The summed E-state index contributed by atoms with van der Waals surface area (Å²) in [6, 6.07) is 11.2. The highest BCUT2D eigenvalue weighted by atomic mass is 19.1. The third-order valence-electron chi connectivity index (χ3n) is 6.86. The van der Waals surface area contributed by atoms with Gasteiger partial charge in [-0.3, -0.25) is 4.98 Å². The zero-order valence-electron chi connectivity index (χ0n) is 20.9. The number of rotatable bonds is 11. The summed E-state index contributed by atoms with van der Waals surface area (Å²) in [6.45, 7) is 0.103. The SMILES string of the molecule is COc1ccc2nccc(CC[C@@H]3CC[C@@H](NC/C=C/c4cc(F)ccc4F)[C@@H](CC(O)CO)O3)c2c1. The van der Waals surface area contributed by atoms with Gasteiger partial charge in [0.2, 0.25) is 0 Å². The van der Waals surface area contributed by atoms with E-state index in [1.807, 2.05) is 30.5 Å². The van der Waals surface area contributed by atoms with E-state index in [1.165, 1.54) is 5.56 Å². The van der Waals surface area contributed by atoms with Crippen molar-refractivity contribution in [2.75, 3.05) is 20.3 Å². The largest absolute Gasteiger partial charge is 0.497 e. The van der Waals surface area contributed by atoms with Crippen LogP contribution < -0.4 is 10.1 Å². The number of aliphatic hydroxyl groups is 2. The van der Waals surface area contributed by atoms with E-state index in [4.69, 9.17) is 9.47 Å². The molecule has 0 spiro atoms. The second-order valence-electron chi connectivity index (χ2n) is 9.42. The first-order valence-corrected chi connectivity index (χ1v) is 12.7. The molecule has 2 aromatic carbocycles. The fourth-order valence-corrected chi connectivity index (χ4v) is 4.86. The Morgan fingerprint density at radius 3 is 2.86 bits per heavy atom. The summed E-state index contributed by atoms with van der Waals surface area (Å²) in [4.78, 5) is 4.45. The summed E-state index contributed by atoms with van der Waals surface area (Å²) in [7, 11) is 1.65. The number of halogens is 2. The van der Waals surface area contributed by atoms with Gasteiger partial charge in [-0.15, -0.1) is 0 Å². The van der Waals surface area contributed by atoms with Crippen LogP contribution in [0.25, 0.3) is 17.0 Å². The van der Waals surface area contributed by atoms with E-state index in [0.717, 1.165) is 60.5 Å². The van der Waals surface area contributed by atoms with Crippen molar-refractivity contribution in [3.8, 4) is 5.75 Å². The Kier molecular flexibility index (Phi) is 9.57. The number of hydrogen-bond donors (Lipinski definition) is 3. The summed E-state index contributed by atoms with van der Waals surface area (Å²) < 4.78 is 39.0. The maximum atomic E-state index is 13.8. The van der Waals surface area contributed by atoms with Gasteiger partial charge < -0.3 is 25.0 Å². The molecule has 0 amide bonds. The first kappa shape index (κ1) is 27.1. The first-order valence-electron chi connectivity index (χ1n) is 12.7. The molecular weight excluding hydrogens is 478 g/mol. The standard InChI is InChI=1S/C29H34F2N2O4/c1-36-24-8-10-27-25(17-24)19(12-14-33-27)4-6-23-7-11-28(29(37-23)16-22(35)18-34)32-13-2-3-20-15-21(30)5-9-26(20)31/h2-3,5,8-10,12,14-15,17,22-23,28-29,32,34-35H,4,6-7,11,13,16,18H2,1H3/b3-2+/t22?,23-,28-,29-/m1/s1. The van der Waals surface area contributed by atoms with Crippen LogP contribution in [0.3, 0.4) is 0 Å². The highest BCUT2D eigenvalue weighted by molar-refractivity contribution is 5.83. The van der Waals surface area contributed by atoms with Gasteiger partial charge in [-0.05, 0) is 73.7 Å². The van der Waals surface area contributed by atoms with Crippen LogP contribution in [0.4, 0.5) is 8.78 Å². The number of nitrogens with zero attached hydrogens (tertiary/aromatic N) is 1. The Bertz CT molecular complexity index is 1210. The van der Waals surface area contributed by atoms with Gasteiger partial charge in [0.15, 0.2) is 0 Å². The normalized spacial score (nSPS) is 20.9. The lowest BCUT2D eigenvalue weighted by atomic mass is 9.92. The number of aromatic nitrogens is 1. The van der Waals surface area contributed by atoms with Crippen LogP contribution in [0.1, 0.15) is 36.8 Å². The van der Waals surface area contributed by atoms with E-state index in [1.54, 1.807) is 19.3 Å². The van der Waals surface area contributed by atoms with Gasteiger partial charge in [0.25, 0.3) is 0 Å². The second kappa shape index (κ2) is 13.1. The van der Waals surface area contributed by atoms with Crippen molar-refractivity contribution >= 4 is 17.0 Å². The predicted octanol–water partition coefficient (Wildman–Crippen LogP) is 4.42. The Morgan fingerprint density at radius 2 is 2.05 bits per heavy atom. The summed E-state index contributed by atoms with van der Waals surface area (Å²) in [5.74, 6) is -0.180. The lowest BCUT2D eigenvalue weighted by molar-refractivity contribution is -0.0917. The van der Waals surface area contributed by atoms with Crippen molar-refractivity contribution in [3.63, 3.8) is 0 Å². The molecule has 1 fully saturated rings. The van der Waals surface area contributed by atoms with Crippen LogP contribution in [0, 0.1) is 11.6 Å². The van der Waals surface area contributed by atoms with E-state index in [2.05, 4.69) is 10.3 Å². The highest BCUT2D eigenvalue weighted by Crippen LogP contribution is 2.28. The smallest absolute Gasteiger partial charge is 0.130 e. The number of ether oxygens (including phenoxy) is 2. The molecule has 3 aromatic rings. The molecule has 0 saturated carbocycles. The number of hydrogen-bond acceptors (Lipinski definition) is 6. The zero-order valence-corrected chi connectivity index (χ0v) is 20.9. The van der Waals surface area contributed by atoms with Crippen LogP contribution in [0.15, 0.2) is 54.7 Å². The molecule has 4 rings (SSSR count). The number of nitrogens with one attached hydrogen (secondary N) is 1. The number of methoxy groups -OCH3 is 1. The van der Waals surface area contributed by atoms with Crippen molar-refractivity contribution in [1.29, 1.82) is 0 Å². The van der Waals surface area contributed by atoms with E-state index >= 15 is 0 Å². The number of aliphatic hydroxyl groups excluding tert-OH is 2. The summed E-state index contributed by atoms with van der Waals surface area (Å²) in [5, 5.41) is 23.9. The van der Waals surface area contributed by atoms with Crippen LogP contribution in [-0.4, -0.2) is 59.8 Å². The third-order valence-corrected chi connectivity index (χ3v) is 6.86. The molecule has 1 saturated heterocycles. The van der Waals surface area contributed by atoms with Gasteiger partial charge in [0.05, 0.1) is 37.5 Å². The monoisotopic (exact) mass is 512 g/mol. The summed E-state index contributed by atoms with van der Waals surface area (Å²) >= 11 is 0. The number of benzene rings is 2. The van der Waals surface area contributed by atoms with Crippen molar-refractivity contribution in [2.45, 2.75) is 56.5 Å². The fraction of sp³-hybridized carbons (Fsp3) is 0.414. The Balaban J connectivity index is 1.36. The minimum Gasteiger partial charge on any atom is -0.497 e. The molecule has 4 atom stereocenters. The zero-order chi connectivity index (χ0) is 26.2. The molecule has 1 aliphatic rings. The van der Waals surface area contributed by atoms with E-state index < -0.39 is 17.7 Å². The van der Waals surface area contributed by atoms with Gasteiger partial charge in [-0.1, -0.05) is 12.2 Å². The third kappa shape index (κ3) is 7.32. The fourth-order valence-electron chi connectivity index (χ4n) is 4.86. The molecule has 1 aromatic heterocycles. The highest BCUT2D eigenvalue weighted by Gasteiger charge is 2.32. The molecule has 1 unspecified atom stereocenters. The van der Waals surface area contributed by atoms with Gasteiger partial charge in [0, 0.05) is 36.2 Å². The maximum absolute atomic E-state index is 13.8. The van der Waals surface area contributed by atoms with E-state index in [9.17, 15) is 19.0 Å². The molecule has 37 heavy (non-hydrogen) atoms. The van der Waals surface area contributed by atoms with Crippen molar-refractivity contribution in [3.05, 3.63) is 77.5 Å². The van der Waals surface area contributed by atoms with Crippen LogP contribution in [0.5, 0.6) is 5.75 Å². The Morgan fingerprint density at radius 1 is 1.19 bits per heavy atom. The van der Waals surface area contributed by atoms with Gasteiger partial charge in [-0.2, -0.15) is 0 Å². The maximum Gasteiger partial charge on any atom is 0.130 e. The second-order valence-corrected chi connectivity index (χ2v) is 9.42. The first-order chi connectivity index (χ1) is 18.0. The molecule has 0 aliphatic carbocycles. The van der Waals surface area contributed by atoms with Crippen molar-refractivity contribution in [1.82, 2.24) is 10.3 Å². The number of pyridine rings is 1. The molecule has 3 N–H and O–H groups in total. The predicted molar refractivity (Wildman–Crippen MR) is 139 cm³/mol. The van der Waals surface area contributed by atoms with E-state index in [-0.39, 0.29) is 30.4 Å². The van der Waals surface area contributed by atoms with Gasteiger partial charge in [0.1, 0.15) is 17.4 Å². The quantitative estimate of drug-likeness (QED) is 0.353. The molecule has 0 bridgehead atoms. The summed E-state index contributed by atoms with van der Waals surface area (Å²) in [5.41, 5.74) is 2.28. The van der Waals surface area contributed by atoms with E-state index in [0.29, 0.717) is 13.0 Å². The molecule has 6 nitrogen and oxygen atoms in total. The average molecular weight is 513 g/mol. The Labute approximate surface area is 216 Å². The van der Waals surface area contributed by atoms with Crippen molar-refractivity contribution in [2.24, 2.45) is 0 Å². The number of fused-ring (bicyclic) bond motifs is 1. The van der Waals surface area contributed by atoms with Crippen LogP contribution in [-0.2, 0) is 11.2 Å². The lowest BCUT2D eigenvalue weighted by Gasteiger charge is -2.38. The Hall–Kier alpha value is -2.91. The summed E-state index contributed by atoms with van der Waals surface area (Å²) in [6.07, 6.45) is 7.57. The topological polar surface area (TPSA) is 83.8 Å².